The molecule has 0 aromatic heterocycles. The summed E-state index contributed by atoms with van der Waals surface area (Å²) in [4.78, 5) is 14.9. The molecule has 0 radical (unpaired) electrons. The maximum absolute atomic E-state index is 12.5. The molecule has 1 saturated heterocycles. The van der Waals surface area contributed by atoms with Crippen LogP contribution < -0.4 is 0 Å². The van der Waals surface area contributed by atoms with E-state index in [0.29, 0.717) is 24.4 Å². The van der Waals surface area contributed by atoms with Crippen molar-refractivity contribution >= 4 is 5.78 Å². The SMILES string of the molecule is Cc1ccc(C(=O)CN2CC(C)CC(C)C2C)cc1C. The Morgan fingerprint density at radius 3 is 2.55 bits per heavy atom. The van der Waals surface area contributed by atoms with Crippen molar-refractivity contribution in [1.82, 2.24) is 4.90 Å². The van der Waals surface area contributed by atoms with Crippen LogP contribution in [0, 0.1) is 25.7 Å². The number of likely N-dealkylation sites (tertiary alicyclic amines) is 1. The maximum atomic E-state index is 12.5. The second-order valence-corrected chi connectivity index (χ2v) is 6.71. The minimum absolute atomic E-state index is 0.251. The quantitative estimate of drug-likeness (QED) is 0.780. The molecule has 3 atom stereocenters. The van der Waals surface area contributed by atoms with E-state index in [4.69, 9.17) is 0 Å². The van der Waals surface area contributed by atoms with Crippen molar-refractivity contribution in [2.45, 2.75) is 47.1 Å². The van der Waals surface area contributed by atoms with E-state index in [1.54, 1.807) is 0 Å². The maximum Gasteiger partial charge on any atom is 0.176 e. The molecule has 0 bridgehead atoms. The van der Waals surface area contributed by atoms with Gasteiger partial charge in [0.2, 0.25) is 0 Å². The van der Waals surface area contributed by atoms with Crippen LogP contribution in [0.1, 0.15) is 48.7 Å². The first-order valence-electron chi connectivity index (χ1n) is 7.73. The highest BCUT2D eigenvalue weighted by atomic mass is 16.1. The Labute approximate surface area is 123 Å². The summed E-state index contributed by atoms with van der Waals surface area (Å²) in [5.74, 6) is 1.61. The zero-order valence-electron chi connectivity index (χ0n) is 13.4. The predicted octanol–water partition coefficient (Wildman–Crippen LogP) is 3.85. The van der Waals surface area contributed by atoms with Crippen LogP contribution in [0.15, 0.2) is 18.2 Å². The van der Waals surface area contributed by atoms with Crippen molar-refractivity contribution in [1.29, 1.82) is 0 Å². The normalized spacial score (nSPS) is 27.6. The molecule has 3 unspecified atom stereocenters. The van der Waals surface area contributed by atoms with Crippen LogP contribution in [-0.4, -0.2) is 29.8 Å². The molecule has 0 spiro atoms. The Bertz CT molecular complexity index is 494. The Balaban J connectivity index is 2.08. The number of nitrogens with zero attached hydrogens (tertiary/aromatic N) is 1. The summed E-state index contributed by atoms with van der Waals surface area (Å²) in [6.07, 6.45) is 1.27. The molecule has 110 valence electrons. The number of Topliss-reactive ketones (excluding diaryl/α,β-unsaturated/α-hetero) is 1. The number of piperidine rings is 1. The molecule has 2 rings (SSSR count). The largest absolute Gasteiger partial charge is 0.293 e. The van der Waals surface area contributed by atoms with Crippen molar-refractivity contribution in [3.05, 3.63) is 34.9 Å². The van der Waals surface area contributed by atoms with Crippen molar-refractivity contribution in [3.63, 3.8) is 0 Å². The Kier molecular flexibility index (Phi) is 4.64. The minimum Gasteiger partial charge on any atom is -0.293 e. The van der Waals surface area contributed by atoms with Gasteiger partial charge in [-0.15, -0.1) is 0 Å². The standard InChI is InChI=1S/C18H27NO/c1-12-8-15(4)16(5)19(10-12)11-18(20)17-7-6-13(2)14(3)9-17/h6-7,9,12,15-16H,8,10-11H2,1-5H3. The van der Waals surface area contributed by atoms with E-state index in [9.17, 15) is 4.79 Å². The fourth-order valence-electron chi connectivity index (χ4n) is 3.23. The molecule has 2 heteroatoms. The van der Waals surface area contributed by atoms with Crippen LogP contribution in [0.4, 0.5) is 0 Å². The Hall–Kier alpha value is -1.15. The van der Waals surface area contributed by atoms with Gasteiger partial charge in [-0.2, -0.15) is 0 Å². The van der Waals surface area contributed by atoms with Crippen LogP contribution in [0.25, 0.3) is 0 Å². The zero-order chi connectivity index (χ0) is 14.9. The van der Waals surface area contributed by atoms with Crippen molar-refractivity contribution in [3.8, 4) is 0 Å². The zero-order valence-corrected chi connectivity index (χ0v) is 13.4. The highest BCUT2D eigenvalue weighted by Gasteiger charge is 2.29. The summed E-state index contributed by atoms with van der Waals surface area (Å²) < 4.78 is 0. The number of aryl methyl sites for hydroxylation is 2. The van der Waals surface area contributed by atoms with E-state index in [1.807, 2.05) is 18.2 Å². The Morgan fingerprint density at radius 1 is 1.20 bits per heavy atom. The molecule has 2 nitrogen and oxygen atoms in total. The molecule has 1 aromatic rings. The predicted molar refractivity (Wildman–Crippen MR) is 84.2 cm³/mol. The highest BCUT2D eigenvalue weighted by molar-refractivity contribution is 5.97. The highest BCUT2D eigenvalue weighted by Crippen LogP contribution is 2.27. The molecule has 0 N–H and O–H groups in total. The molecule has 1 fully saturated rings. The lowest BCUT2D eigenvalue weighted by Gasteiger charge is -2.40. The van der Waals surface area contributed by atoms with Gasteiger partial charge in [-0.3, -0.25) is 9.69 Å². The van der Waals surface area contributed by atoms with Crippen LogP contribution in [0.2, 0.25) is 0 Å². The molecular weight excluding hydrogens is 246 g/mol. The molecule has 1 aromatic carbocycles. The van der Waals surface area contributed by atoms with Gasteiger partial charge in [-0.05, 0) is 56.2 Å². The third kappa shape index (κ3) is 3.29. The van der Waals surface area contributed by atoms with Gasteiger partial charge in [-0.1, -0.05) is 26.0 Å². The van der Waals surface area contributed by atoms with E-state index >= 15 is 0 Å². The lowest BCUT2D eigenvalue weighted by Crippen LogP contribution is -2.47. The van der Waals surface area contributed by atoms with Crippen molar-refractivity contribution in [2.75, 3.05) is 13.1 Å². The van der Waals surface area contributed by atoms with Crippen LogP contribution in [0.3, 0.4) is 0 Å². The van der Waals surface area contributed by atoms with Crippen LogP contribution >= 0.6 is 0 Å². The van der Waals surface area contributed by atoms with E-state index in [2.05, 4.69) is 39.5 Å². The smallest absolute Gasteiger partial charge is 0.176 e. The second kappa shape index (κ2) is 6.09. The van der Waals surface area contributed by atoms with E-state index in [1.165, 1.54) is 17.5 Å². The van der Waals surface area contributed by atoms with Gasteiger partial charge >= 0.3 is 0 Å². The van der Waals surface area contributed by atoms with Gasteiger partial charge in [0.05, 0.1) is 6.54 Å². The fraction of sp³-hybridized carbons (Fsp3) is 0.611. The number of benzene rings is 1. The molecular formula is C18H27NO. The number of carbonyl (C=O) groups is 1. The molecule has 0 amide bonds. The van der Waals surface area contributed by atoms with Gasteiger partial charge in [0, 0.05) is 18.2 Å². The van der Waals surface area contributed by atoms with Gasteiger partial charge < -0.3 is 0 Å². The summed E-state index contributed by atoms with van der Waals surface area (Å²) in [6.45, 7) is 12.6. The molecule has 0 aliphatic carbocycles. The van der Waals surface area contributed by atoms with Gasteiger partial charge in [0.1, 0.15) is 0 Å². The summed E-state index contributed by atoms with van der Waals surface area (Å²) >= 11 is 0. The average Bonchev–Trinajstić information content (AvgIpc) is 2.38. The third-order valence-electron chi connectivity index (χ3n) is 4.90. The van der Waals surface area contributed by atoms with Gasteiger partial charge in [-0.25, -0.2) is 0 Å². The summed E-state index contributed by atoms with van der Waals surface area (Å²) in [7, 11) is 0. The lowest BCUT2D eigenvalue weighted by molar-refractivity contribution is 0.0650. The van der Waals surface area contributed by atoms with Crippen molar-refractivity contribution in [2.24, 2.45) is 11.8 Å². The first kappa shape index (κ1) is 15.2. The van der Waals surface area contributed by atoms with Gasteiger partial charge in [0.15, 0.2) is 5.78 Å². The van der Waals surface area contributed by atoms with Crippen LogP contribution in [0.5, 0.6) is 0 Å². The third-order valence-corrected chi connectivity index (χ3v) is 4.90. The average molecular weight is 273 g/mol. The first-order valence-corrected chi connectivity index (χ1v) is 7.73. The Morgan fingerprint density at radius 2 is 1.90 bits per heavy atom. The van der Waals surface area contributed by atoms with Crippen LogP contribution in [-0.2, 0) is 0 Å². The topological polar surface area (TPSA) is 20.3 Å². The molecule has 1 heterocycles. The summed E-state index contributed by atoms with van der Waals surface area (Å²) in [5.41, 5.74) is 3.30. The number of hydrogen-bond donors (Lipinski definition) is 0. The van der Waals surface area contributed by atoms with Gasteiger partial charge in [0.25, 0.3) is 0 Å². The van der Waals surface area contributed by atoms with E-state index in [0.717, 1.165) is 12.1 Å². The van der Waals surface area contributed by atoms with E-state index in [-0.39, 0.29) is 5.78 Å². The number of ketones is 1. The van der Waals surface area contributed by atoms with E-state index < -0.39 is 0 Å². The number of rotatable bonds is 3. The molecule has 1 aliphatic rings. The fourth-order valence-corrected chi connectivity index (χ4v) is 3.23. The summed E-state index contributed by atoms with van der Waals surface area (Å²) in [5, 5.41) is 0. The summed E-state index contributed by atoms with van der Waals surface area (Å²) in [6, 6.07) is 6.54. The molecule has 1 aliphatic heterocycles. The van der Waals surface area contributed by atoms with Crippen molar-refractivity contribution < 1.29 is 4.79 Å². The first-order chi connectivity index (χ1) is 9.38. The number of hydrogen-bond acceptors (Lipinski definition) is 2. The minimum atomic E-state index is 0.251. The lowest BCUT2D eigenvalue weighted by atomic mass is 9.85. The number of carbonyl (C=O) groups excluding carboxylic acids is 1. The molecule has 20 heavy (non-hydrogen) atoms. The monoisotopic (exact) mass is 273 g/mol. The second-order valence-electron chi connectivity index (χ2n) is 6.71. The molecule has 0 saturated carbocycles.